The molecule has 48 valence electrons. The highest BCUT2D eigenvalue weighted by atomic mass is 16.5. The zero-order valence-corrected chi connectivity index (χ0v) is 5.00. The van der Waals surface area contributed by atoms with Gasteiger partial charge in [-0.15, -0.1) is 6.58 Å². The number of hydrogen-bond acceptors (Lipinski definition) is 3. The molecule has 0 aliphatic heterocycles. The molecule has 1 rings (SSSR count). The first kappa shape index (κ1) is 5.88. The number of aromatic nitrogens is 1. The summed E-state index contributed by atoms with van der Waals surface area (Å²) >= 11 is 0. The summed E-state index contributed by atoms with van der Waals surface area (Å²) in [6, 6.07) is 1.75. The lowest BCUT2D eigenvalue weighted by Crippen LogP contribution is -1.96. The summed E-state index contributed by atoms with van der Waals surface area (Å²) in [5.41, 5.74) is 0. The molecule has 0 spiro atoms. The average Bonchev–Trinajstić information content (AvgIpc) is 2.34. The van der Waals surface area contributed by atoms with E-state index in [0.29, 0.717) is 6.54 Å². The molecule has 1 heterocycles. The molecule has 0 aliphatic rings. The van der Waals surface area contributed by atoms with Crippen molar-refractivity contribution in [1.29, 1.82) is 0 Å². The Morgan fingerprint density at radius 1 is 1.89 bits per heavy atom. The van der Waals surface area contributed by atoms with Gasteiger partial charge in [0.15, 0.2) is 5.82 Å². The van der Waals surface area contributed by atoms with Crippen LogP contribution in [0.1, 0.15) is 0 Å². The van der Waals surface area contributed by atoms with Crippen LogP contribution < -0.4 is 5.32 Å². The minimum atomic E-state index is 0.715. The van der Waals surface area contributed by atoms with Crippen LogP contribution >= 0.6 is 0 Å². The van der Waals surface area contributed by atoms with Crippen LogP contribution in [0.5, 0.6) is 0 Å². The molecule has 3 heteroatoms. The Bertz CT molecular complexity index is 169. The van der Waals surface area contributed by atoms with Crippen molar-refractivity contribution >= 4 is 5.82 Å². The van der Waals surface area contributed by atoms with Gasteiger partial charge in [0.25, 0.3) is 0 Å². The topological polar surface area (TPSA) is 38.1 Å². The summed E-state index contributed by atoms with van der Waals surface area (Å²) in [5.74, 6) is 0.745. The Hall–Kier alpha value is -1.25. The summed E-state index contributed by atoms with van der Waals surface area (Å²) in [7, 11) is 0. The van der Waals surface area contributed by atoms with Crippen LogP contribution in [-0.2, 0) is 0 Å². The Kier molecular flexibility index (Phi) is 1.90. The van der Waals surface area contributed by atoms with Gasteiger partial charge in [-0.05, 0) is 0 Å². The SMILES string of the molecule is C=CCNc1ccon1. The Labute approximate surface area is 53.4 Å². The summed E-state index contributed by atoms with van der Waals surface area (Å²) in [4.78, 5) is 0. The van der Waals surface area contributed by atoms with Crippen molar-refractivity contribution in [2.45, 2.75) is 0 Å². The molecule has 0 saturated carbocycles. The van der Waals surface area contributed by atoms with E-state index in [1.165, 1.54) is 6.26 Å². The fraction of sp³-hybridized carbons (Fsp3) is 0.167. The van der Waals surface area contributed by atoms with Gasteiger partial charge < -0.3 is 9.84 Å². The molecule has 0 amide bonds. The van der Waals surface area contributed by atoms with Crippen molar-refractivity contribution in [3.63, 3.8) is 0 Å². The summed E-state index contributed by atoms with van der Waals surface area (Å²) in [6.07, 6.45) is 3.28. The third kappa shape index (κ3) is 1.60. The van der Waals surface area contributed by atoms with E-state index < -0.39 is 0 Å². The second-order valence-electron chi connectivity index (χ2n) is 1.55. The van der Waals surface area contributed by atoms with Crippen molar-refractivity contribution in [2.24, 2.45) is 0 Å². The quantitative estimate of drug-likeness (QED) is 0.616. The van der Waals surface area contributed by atoms with Crippen LogP contribution in [-0.4, -0.2) is 11.7 Å². The van der Waals surface area contributed by atoms with E-state index in [0.717, 1.165) is 5.82 Å². The number of rotatable bonds is 3. The van der Waals surface area contributed by atoms with Gasteiger partial charge in [-0.25, -0.2) is 0 Å². The normalized spacial score (nSPS) is 8.89. The van der Waals surface area contributed by atoms with E-state index in [-0.39, 0.29) is 0 Å². The minimum Gasteiger partial charge on any atom is -0.364 e. The molecule has 1 aromatic heterocycles. The van der Waals surface area contributed by atoms with E-state index in [9.17, 15) is 0 Å². The number of anilines is 1. The van der Waals surface area contributed by atoms with E-state index in [4.69, 9.17) is 0 Å². The highest BCUT2D eigenvalue weighted by Crippen LogP contribution is 1.98. The van der Waals surface area contributed by atoms with Crippen LogP contribution in [0.3, 0.4) is 0 Å². The number of nitrogens with zero attached hydrogens (tertiary/aromatic N) is 1. The van der Waals surface area contributed by atoms with Gasteiger partial charge in [-0.3, -0.25) is 0 Å². The standard InChI is InChI=1S/C6H8N2O/c1-2-4-7-6-3-5-9-8-6/h2-3,5H,1,4H2,(H,7,8). The maximum Gasteiger partial charge on any atom is 0.169 e. The van der Waals surface area contributed by atoms with Crippen molar-refractivity contribution < 1.29 is 4.52 Å². The average molecular weight is 124 g/mol. The predicted molar refractivity (Wildman–Crippen MR) is 35.2 cm³/mol. The molecule has 1 aromatic rings. The molecule has 0 atom stereocenters. The molecule has 1 N–H and O–H groups in total. The van der Waals surface area contributed by atoms with Crippen LogP contribution in [0.15, 0.2) is 29.5 Å². The fourth-order valence-corrected chi connectivity index (χ4v) is 0.480. The predicted octanol–water partition coefficient (Wildman–Crippen LogP) is 1.27. The van der Waals surface area contributed by atoms with Gasteiger partial charge >= 0.3 is 0 Å². The summed E-state index contributed by atoms with van der Waals surface area (Å²) < 4.78 is 4.56. The van der Waals surface area contributed by atoms with Gasteiger partial charge in [0.2, 0.25) is 0 Å². The van der Waals surface area contributed by atoms with E-state index in [2.05, 4.69) is 21.6 Å². The zero-order chi connectivity index (χ0) is 6.53. The maximum absolute atomic E-state index is 4.56. The molecule has 9 heavy (non-hydrogen) atoms. The van der Waals surface area contributed by atoms with E-state index in [1.807, 2.05) is 0 Å². The monoisotopic (exact) mass is 124 g/mol. The second-order valence-corrected chi connectivity index (χ2v) is 1.55. The Morgan fingerprint density at radius 3 is 3.33 bits per heavy atom. The first-order chi connectivity index (χ1) is 4.43. The molecule has 0 radical (unpaired) electrons. The molecule has 0 fully saturated rings. The van der Waals surface area contributed by atoms with Gasteiger partial charge in [0, 0.05) is 12.6 Å². The van der Waals surface area contributed by atoms with Gasteiger partial charge in [0.1, 0.15) is 6.26 Å². The van der Waals surface area contributed by atoms with Crippen LogP contribution in [0.2, 0.25) is 0 Å². The third-order valence-corrected chi connectivity index (χ3v) is 0.865. The van der Waals surface area contributed by atoms with Crippen molar-refractivity contribution in [3.8, 4) is 0 Å². The Balaban J connectivity index is 2.38. The molecule has 0 saturated heterocycles. The van der Waals surface area contributed by atoms with Gasteiger partial charge in [-0.1, -0.05) is 11.2 Å². The van der Waals surface area contributed by atoms with Crippen molar-refractivity contribution in [3.05, 3.63) is 25.0 Å². The second kappa shape index (κ2) is 2.91. The molecule has 0 aliphatic carbocycles. The highest BCUT2D eigenvalue weighted by Gasteiger charge is 1.88. The Morgan fingerprint density at radius 2 is 2.78 bits per heavy atom. The fourth-order valence-electron chi connectivity index (χ4n) is 0.480. The minimum absolute atomic E-state index is 0.715. The summed E-state index contributed by atoms with van der Waals surface area (Å²) in [5, 5.41) is 6.57. The van der Waals surface area contributed by atoms with E-state index >= 15 is 0 Å². The molecular formula is C6H8N2O. The van der Waals surface area contributed by atoms with Gasteiger partial charge in [0.05, 0.1) is 0 Å². The van der Waals surface area contributed by atoms with Crippen molar-refractivity contribution in [2.75, 3.05) is 11.9 Å². The molecule has 0 aromatic carbocycles. The maximum atomic E-state index is 4.56. The largest absolute Gasteiger partial charge is 0.364 e. The smallest absolute Gasteiger partial charge is 0.169 e. The molecule has 0 unspecified atom stereocenters. The number of nitrogens with one attached hydrogen (secondary N) is 1. The van der Waals surface area contributed by atoms with Crippen molar-refractivity contribution in [1.82, 2.24) is 5.16 Å². The first-order valence-corrected chi connectivity index (χ1v) is 2.68. The lowest BCUT2D eigenvalue weighted by atomic mass is 10.6. The van der Waals surface area contributed by atoms with E-state index in [1.54, 1.807) is 12.1 Å². The summed E-state index contributed by atoms with van der Waals surface area (Å²) in [6.45, 7) is 4.25. The third-order valence-electron chi connectivity index (χ3n) is 0.865. The van der Waals surface area contributed by atoms with Crippen LogP contribution in [0.4, 0.5) is 5.82 Å². The number of hydrogen-bond donors (Lipinski definition) is 1. The highest BCUT2D eigenvalue weighted by molar-refractivity contribution is 5.31. The molecule has 3 nitrogen and oxygen atoms in total. The lowest BCUT2D eigenvalue weighted by Gasteiger charge is -1.92. The molecular weight excluding hydrogens is 116 g/mol. The van der Waals surface area contributed by atoms with Crippen LogP contribution in [0.25, 0.3) is 0 Å². The zero-order valence-electron chi connectivity index (χ0n) is 5.00. The lowest BCUT2D eigenvalue weighted by molar-refractivity contribution is 0.422. The first-order valence-electron chi connectivity index (χ1n) is 2.68. The molecule has 0 bridgehead atoms. The van der Waals surface area contributed by atoms with Crippen LogP contribution in [0, 0.1) is 0 Å². The van der Waals surface area contributed by atoms with Gasteiger partial charge in [-0.2, -0.15) is 0 Å².